The lowest BCUT2D eigenvalue weighted by molar-refractivity contribution is -0.121. The fourth-order valence-electron chi connectivity index (χ4n) is 2.27. The molecule has 0 saturated heterocycles. The molecule has 0 aliphatic heterocycles. The number of nitrogens with one attached hydrogen (secondary N) is 1. The Kier molecular flexibility index (Phi) is 5.90. The lowest BCUT2D eigenvalue weighted by atomic mass is 10.1. The van der Waals surface area contributed by atoms with E-state index in [1.165, 1.54) is 5.56 Å². The third-order valence-corrected chi connectivity index (χ3v) is 3.64. The summed E-state index contributed by atoms with van der Waals surface area (Å²) < 4.78 is 0. The van der Waals surface area contributed by atoms with Gasteiger partial charge in [0.2, 0.25) is 5.91 Å². The molecule has 3 heteroatoms. The van der Waals surface area contributed by atoms with E-state index in [-0.39, 0.29) is 11.7 Å². The van der Waals surface area contributed by atoms with E-state index in [9.17, 15) is 9.59 Å². The van der Waals surface area contributed by atoms with E-state index in [1.54, 1.807) is 12.1 Å². The summed E-state index contributed by atoms with van der Waals surface area (Å²) in [5, 5.41) is 2.90. The molecule has 0 atom stereocenters. The second-order valence-electron chi connectivity index (χ2n) is 5.35. The number of rotatable bonds is 7. The van der Waals surface area contributed by atoms with Gasteiger partial charge in [0.25, 0.3) is 0 Å². The van der Waals surface area contributed by atoms with Crippen LogP contribution in [0.25, 0.3) is 0 Å². The minimum absolute atomic E-state index is 0.0101. The van der Waals surface area contributed by atoms with E-state index in [4.69, 9.17) is 0 Å². The number of Topliss-reactive ketones (excluding diaryl/α,β-unsaturated/α-hetero) is 1. The Hall–Kier alpha value is -2.42. The van der Waals surface area contributed by atoms with Crippen molar-refractivity contribution in [1.29, 1.82) is 0 Å². The van der Waals surface area contributed by atoms with Crippen LogP contribution in [0.2, 0.25) is 0 Å². The number of aryl methyl sites for hydroxylation is 1. The first-order valence-electron chi connectivity index (χ1n) is 7.56. The second kappa shape index (κ2) is 8.13. The fourth-order valence-corrected chi connectivity index (χ4v) is 2.27. The van der Waals surface area contributed by atoms with E-state index in [1.807, 2.05) is 49.4 Å². The number of hydrogen-bond donors (Lipinski definition) is 1. The maximum absolute atomic E-state index is 11.9. The standard InChI is InChI=1S/C19H21NO2/c1-15-8-5-6-11-17(15)14-20-19(22)13-7-12-18(21)16-9-3-2-4-10-16/h2-6,8-11H,7,12-14H2,1H3,(H,20,22). The molecule has 0 radical (unpaired) electrons. The van der Waals surface area contributed by atoms with Crippen molar-refractivity contribution in [2.45, 2.75) is 32.7 Å². The molecule has 0 bridgehead atoms. The molecule has 0 spiro atoms. The van der Waals surface area contributed by atoms with Crippen LogP contribution < -0.4 is 5.32 Å². The molecular weight excluding hydrogens is 274 g/mol. The Labute approximate surface area is 131 Å². The Morgan fingerprint density at radius 3 is 2.32 bits per heavy atom. The van der Waals surface area contributed by atoms with Gasteiger partial charge in [0.15, 0.2) is 5.78 Å². The number of ketones is 1. The lowest BCUT2D eigenvalue weighted by Gasteiger charge is -2.07. The van der Waals surface area contributed by atoms with Crippen LogP contribution in [0.15, 0.2) is 54.6 Å². The maximum Gasteiger partial charge on any atom is 0.220 e. The Balaban J connectivity index is 1.70. The predicted molar refractivity (Wildman–Crippen MR) is 87.6 cm³/mol. The minimum Gasteiger partial charge on any atom is -0.352 e. The van der Waals surface area contributed by atoms with E-state index in [0.717, 1.165) is 5.56 Å². The molecule has 2 aromatic rings. The van der Waals surface area contributed by atoms with Gasteiger partial charge in [0, 0.05) is 24.9 Å². The van der Waals surface area contributed by atoms with Gasteiger partial charge in [-0.3, -0.25) is 9.59 Å². The van der Waals surface area contributed by atoms with E-state index in [2.05, 4.69) is 5.32 Å². The SMILES string of the molecule is Cc1ccccc1CNC(=O)CCCC(=O)c1ccccc1. The summed E-state index contributed by atoms with van der Waals surface area (Å²) in [6, 6.07) is 17.2. The molecule has 1 N–H and O–H groups in total. The number of carbonyl (C=O) groups excluding carboxylic acids is 2. The average Bonchev–Trinajstić information content (AvgIpc) is 2.55. The minimum atomic E-state index is -0.0101. The lowest BCUT2D eigenvalue weighted by Crippen LogP contribution is -2.23. The van der Waals surface area contributed by atoms with Crippen molar-refractivity contribution in [3.8, 4) is 0 Å². The fraction of sp³-hybridized carbons (Fsp3) is 0.263. The van der Waals surface area contributed by atoms with Crippen molar-refractivity contribution in [3.05, 3.63) is 71.3 Å². The third-order valence-electron chi connectivity index (χ3n) is 3.64. The van der Waals surface area contributed by atoms with Gasteiger partial charge in [-0.1, -0.05) is 54.6 Å². The summed E-state index contributed by atoms with van der Waals surface area (Å²) in [5.74, 6) is 0.0800. The van der Waals surface area contributed by atoms with Crippen molar-refractivity contribution < 1.29 is 9.59 Å². The molecule has 0 saturated carbocycles. The number of carbonyl (C=O) groups is 2. The Morgan fingerprint density at radius 1 is 0.909 bits per heavy atom. The monoisotopic (exact) mass is 295 g/mol. The van der Waals surface area contributed by atoms with E-state index >= 15 is 0 Å². The first kappa shape index (κ1) is 16.0. The van der Waals surface area contributed by atoms with Crippen LogP contribution in [0.1, 0.15) is 40.7 Å². The predicted octanol–water partition coefficient (Wildman–Crippen LogP) is 3.66. The summed E-state index contributed by atoms with van der Waals surface area (Å²) in [6.07, 6.45) is 1.36. The molecule has 2 aromatic carbocycles. The van der Waals surface area contributed by atoms with E-state index < -0.39 is 0 Å². The quantitative estimate of drug-likeness (QED) is 0.792. The normalized spacial score (nSPS) is 10.2. The first-order chi connectivity index (χ1) is 10.7. The average molecular weight is 295 g/mol. The Bertz CT molecular complexity index is 635. The van der Waals surface area contributed by atoms with Crippen LogP contribution in [0.4, 0.5) is 0 Å². The second-order valence-corrected chi connectivity index (χ2v) is 5.35. The van der Waals surface area contributed by atoms with Crippen LogP contribution >= 0.6 is 0 Å². The summed E-state index contributed by atoms with van der Waals surface area (Å²) in [5.41, 5.74) is 3.00. The number of hydrogen-bond acceptors (Lipinski definition) is 2. The van der Waals surface area contributed by atoms with Gasteiger partial charge in [-0.2, -0.15) is 0 Å². The van der Waals surface area contributed by atoms with Crippen molar-refractivity contribution in [2.75, 3.05) is 0 Å². The smallest absolute Gasteiger partial charge is 0.220 e. The molecule has 0 aliphatic rings. The zero-order valence-electron chi connectivity index (χ0n) is 12.8. The van der Waals surface area contributed by atoms with E-state index in [0.29, 0.717) is 31.4 Å². The van der Waals surface area contributed by atoms with Crippen molar-refractivity contribution >= 4 is 11.7 Å². The zero-order valence-corrected chi connectivity index (χ0v) is 12.8. The highest BCUT2D eigenvalue weighted by Gasteiger charge is 2.07. The van der Waals surface area contributed by atoms with Gasteiger partial charge in [-0.25, -0.2) is 0 Å². The van der Waals surface area contributed by atoms with Crippen LogP contribution in [0.3, 0.4) is 0 Å². The molecule has 0 aliphatic carbocycles. The number of amides is 1. The molecule has 0 unspecified atom stereocenters. The van der Waals surface area contributed by atoms with Crippen molar-refractivity contribution in [1.82, 2.24) is 5.32 Å². The number of benzene rings is 2. The summed E-state index contributed by atoms with van der Waals surface area (Å²) in [7, 11) is 0. The van der Waals surface area contributed by atoms with Crippen LogP contribution in [-0.2, 0) is 11.3 Å². The topological polar surface area (TPSA) is 46.2 Å². The molecule has 0 fully saturated rings. The molecule has 0 heterocycles. The summed E-state index contributed by atoms with van der Waals surface area (Å²) in [6.45, 7) is 2.57. The van der Waals surface area contributed by atoms with Gasteiger partial charge in [0.1, 0.15) is 0 Å². The zero-order chi connectivity index (χ0) is 15.8. The highest BCUT2D eigenvalue weighted by atomic mass is 16.1. The molecule has 22 heavy (non-hydrogen) atoms. The van der Waals surface area contributed by atoms with Gasteiger partial charge in [-0.05, 0) is 24.5 Å². The Morgan fingerprint density at radius 2 is 1.59 bits per heavy atom. The third kappa shape index (κ3) is 4.85. The molecule has 1 amide bonds. The van der Waals surface area contributed by atoms with Gasteiger partial charge in [0.05, 0.1) is 0 Å². The largest absolute Gasteiger partial charge is 0.352 e. The first-order valence-corrected chi connectivity index (χ1v) is 7.56. The van der Waals surface area contributed by atoms with Crippen molar-refractivity contribution in [2.24, 2.45) is 0 Å². The molecule has 0 aromatic heterocycles. The van der Waals surface area contributed by atoms with Crippen LogP contribution in [0, 0.1) is 6.92 Å². The molecule has 114 valence electrons. The molecule has 2 rings (SSSR count). The van der Waals surface area contributed by atoms with Gasteiger partial charge < -0.3 is 5.32 Å². The maximum atomic E-state index is 11.9. The van der Waals surface area contributed by atoms with Crippen LogP contribution in [-0.4, -0.2) is 11.7 Å². The van der Waals surface area contributed by atoms with Gasteiger partial charge >= 0.3 is 0 Å². The summed E-state index contributed by atoms with van der Waals surface area (Å²) in [4.78, 5) is 23.7. The highest BCUT2D eigenvalue weighted by Crippen LogP contribution is 2.08. The summed E-state index contributed by atoms with van der Waals surface area (Å²) >= 11 is 0. The van der Waals surface area contributed by atoms with Crippen molar-refractivity contribution in [3.63, 3.8) is 0 Å². The molecule has 3 nitrogen and oxygen atoms in total. The molecular formula is C19H21NO2. The van der Waals surface area contributed by atoms with Crippen LogP contribution in [0.5, 0.6) is 0 Å². The highest BCUT2D eigenvalue weighted by molar-refractivity contribution is 5.96. The van der Waals surface area contributed by atoms with Gasteiger partial charge in [-0.15, -0.1) is 0 Å².